The maximum absolute atomic E-state index is 11.7. The van der Waals surface area contributed by atoms with Gasteiger partial charge in [0.1, 0.15) is 9.32 Å². The van der Waals surface area contributed by atoms with Crippen molar-refractivity contribution in [3.05, 3.63) is 22.3 Å². The third-order valence-electron chi connectivity index (χ3n) is 1.78. The van der Waals surface area contributed by atoms with Gasteiger partial charge in [-0.25, -0.2) is 4.98 Å². The van der Waals surface area contributed by atoms with Crippen LogP contribution in [0.15, 0.2) is 16.7 Å². The van der Waals surface area contributed by atoms with E-state index in [0.717, 1.165) is 4.47 Å². The highest BCUT2D eigenvalue weighted by molar-refractivity contribution is 14.1. The minimum atomic E-state index is -0.541. The number of pyridine rings is 1. The van der Waals surface area contributed by atoms with Crippen LogP contribution in [0.4, 0.5) is 10.6 Å². The van der Waals surface area contributed by atoms with Crippen molar-refractivity contribution in [2.24, 2.45) is 0 Å². The number of quaternary nitrogens is 1. The highest BCUT2D eigenvalue weighted by atomic mass is 127. The van der Waals surface area contributed by atoms with E-state index in [0.29, 0.717) is 15.1 Å². The van der Waals surface area contributed by atoms with Crippen molar-refractivity contribution in [2.45, 2.75) is 26.4 Å². The molecule has 0 saturated heterocycles. The van der Waals surface area contributed by atoms with E-state index in [-0.39, 0.29) is 0 Å². The van der Waals surface area contributed by atoms with E-state index in [1.807, 2.05) is 22.6 Å². The monoisotopic (exact) mass is 426 g/mol. The van der Waals surface area contributed by atoms with E-state index in [2.05, 4.69) is 20.9 Å². The van der Waals surface area contributed by atoms with Gasteiger partial charge in [-0.05, 0) is 65.4 Å². The van der Waals surface area contributed by atoms with Crippen molar-refractivity contribution in [1.29, 1.82) is 5.41 Å². The molecule has 1 rings (SSSR count). The van der Waals surface area contributed by atoms with E-state index in [4.69, 9.17) is 10.1 Å². The average molecular weight is 427 g/mol. The number of nitrogens with zero attached hydrogens (tertiary/aromatic N) is 1. The van der Waals surface area contributed by atoms with Crippen LogP contribution in [0.1, 0.15) is 26.3 Å². The van der Waals surface area contributed by atoms with Crippen LogP contribution in [0.5, 0.6) is 0 Å². The number of hydrogen-bond acceptors (Lipinski definition) is 4. The van der Waals surface area contributed by atoms with Gasteiger partial charge in [-0.1, -0.05) is 0 Å². The molecule has 0 aliphatic heterocycles. The molecule has 0 unspecified atom stereocenters. The topological polar surface area (TPSA) is 79.7 Å². The molecule has 0 radical (unpaired) electrons. The Morgan fingerprint density at radius 1 is 1.56 bits per heavy atom. The molecule has 1 heterocycles. The Morgan fingerprint density at radius 2 is 2.17 bits per heavy atom. The molecule has 0 fully saturated rings. The van der Waals surface area contributed by atoms with E-state index in [1.54, 1.807) is 33.0 Å². The zero-order chi connectivity index (χ0) is 13.9. The van der Waals surface area contributed by atoms with Gasteiger partial charge in [0.2, 0.25) is 5.82 Å². The first-order chi connectivity index (χ1) is 8.19. The summed E-state index contributed by atoms with van der Waals surface area (Å²) in [5.74, 6) is 0.437. The van der Waals surface area contributed by atoms with Gasteiger partial charge in [0.15, 0.2) is 0 Å². The molecule has 7 heteroatoms. The fourth-order valence-corrected chi connectivity index (χ4v) is 1.95. The molecule has 3 N–H and O–H groups in total. The summed E-state index contributed by atoms with van der Waals surface area (Å²) in [5.41, 5.74) is 0.0526. The standard InChI is InChI=1S/C11H13BrIN3O2/c1-11(2,3)18-10(17)16-9-7(8(13)14)4-6(12)5-15-9/h4-5,14H,1-3H3,(H,15,16,17)/p+1. The molecule has 5 nitrogen and oxygen atoms in total. The van der Waals surface area contributed by atoms with Crippen LogP contribution < -0.4 is 5.32 Å². The predicted molar refractivity (Wildman–Crippen MR) is 80.6 cm³/mol. The third-order valence-corrected chi connectivity index (χ3v) is 2.80. The normalized spacial score (nSPS) is 11.2. The SMILES string of the molecule is CC(C)(C)OC(=O)[NH2+]c1ncc(Br)cc1C(=N)I. The Hall–Kier alpha value is -0.540. The zero-order valence-corrected chi connectivity index (χ0v) is 14.0. The predicted octanol–water partition coefficient (Wildman–Crippen LogP) is 2.73. The highest BCUT2D eigenvalue weighted by Crippen LogP contribution is 2.17. The van der Waals surface area contributed by atoms with Crippen molar-refractivity contribution in [3.8, 4) is 0 Å². The minimum absolute atomic E-state index is 0.316. The number of amides is 1. The summed E-state index contributed by atoms with van der Waals surface area (Å²) in [6.07, 6.45) is 1.12. The van der Waals surface area contributed by atoms with Crippen molar-refractivity contribution in [2.75, 3.05) is 0 Å². The molecule has 98 valence electrons. The zero-order valence-electron chi connectivity index (χ0n) is 10.3. The number of carbonyl (C=O) groups excluding carboxylic acids is 1. The number of nitrogens with two attached hydrogens (primary N) is 1. The number of primary amides is 1. The van der Waals surface area contributed by atoms with Crippen molar-refractivity contribution >= 4 is 54.2 Å². The van der Waals surface area contributed by atoms with Crippen LogP contribution in [0, 0.1) is 5.41 Å². The van der Waals surface area contributed by atoms with Gasteiger partial charge < -0.3 is 4.74 Å². The molecule has 0 bridgehead atoms. The lowest BCUT2D eigenvalue weighted by atomic mass is 10.2. The van der Waals surface area contributed by atoms with Gasteiger partial charge in [0, 0.05) is 10.7 Å². The molecular formula is C11H14BrIN3O2+. The van der Waals surface area contributed by atoms with Crippen LogP contribution in [-0.4, -0.2) is 20.4 Å². The molecule has 0 spiro atoms. The number of rotatable bonds is 2. The molecule has 0 aliphatic rings. The van der Waals surface area contributed by atoms with Gasteiger partial charge in [0.25, 0.3) is 0 Å². The lowest BCUT2D eigenvalue weighted by molar-refractivity contribution is -0.490. The number of ether oxygens (including phenoxy) is 1. The molecule has 18 heavy (non-hydrogen) atoms. The second-order valence-electron chi connectivity index (χ2n) is 4.58. The lowest BCUT2D eigenvalue weighted by Gasteiger charge is -2.17. The Bertz CT molecular complexity index is 486. The van der Waals surface area contributed by atoms with Crippen molar-refractivity contribution < 1.29 is 14.8 Å². The molecular weight excluding hydrogens is 413 g/mol. The molecule has 1 aromatic heterocycles. The first kappa shape index (κ1) is 15.5. The molecule has 0 atom stereocenters. The van der Waals surface area contributed by atoms with Crippen LogP contribution >= 0.6 is 38.5 Å². The van der Waals surface area contributed by atoms with Crippen LogP contribution in [0.2, 0.25) is 0 Å². The Morgan fingerprint density at radius 3 is 2.67 bits per heavy atom. The molecule has 0 aromatic carbocycles. The van der Waals surface area contributed by atoms with Crippen LogP contribution in [0.3, 0.4) is 0 Å². The summed E-state index contributed by atoms with van der Waals surface area (Å²) in [7, 11) is 0. The average Bonchev–Trinajstić information content (AvgIpc) is 2.17. The van der Waals surface area contributed by atoms with E-state index < -0.39 is 11.7 Å². The summed E-state index contributed by atoms with van der Waals surface area (Å²) < 4.78 is 6.27. The smallest absolute Gasteiger partial charge is 0.414 e. The number of halogens is 2. The number of aromatic nitrogens is 1. The van der Waals surface area contributed by atoms with Crippen LogP contribution in [-0.2, 0) is 4.74 Å². The second-order valence-corrected chi connectivity index (χ2v) is 6.57. The van der Waals surface area contributed by atoms with E-state index in [9.17, 15) is 4.79 Å². The summed E-state index contributed by atoms with van der Waals surface area (Å²) in [5, 5.41) is 8.96. The Kier molecular flexibility index (Phi) is 5.23. The number of hydrogen-bond donors (Lipinski definition) is 2. The fourth-order valence-electron chi connectivity index (χ4n) is 1.18. The summed E-state index contributed by atoms with van der Waals surface area (Å²) >= 11 is 5.16. The first-order valence-corrected chi connectivity index (χ1v) is 7.04. The largest absolute Gasteiger partial charge is 0.519 e. The van der Waals surface area contributed by atoms with Gasteiger partial charge in [-0.2, -0.15) is 10.1 Å². The van der Waals surface area contributed by atoms with Crippen LogP contribution in [0.25, 0.3) is 0 Å². The van der Waals surface area contributed by atoms with Crippen molar-refractivity contribution in [3.63, 3.8) is 0 Å². The van der Waals surface area contributed by atoms with E-state index in [1.165, 1.54) is 5.32 Å². The Balaban J connectivity index is 2.91. The molecule has 1 amide bonds. The summed E-state index contributed by atoms with van der Waals surface area (Å²) in [4.78, 5) is 15.8. The van der Waals surface area contributed by atoms with Gasteiger partial charge in [-0.3, -0.25) is 5.41 Å². The maximum Gasteiger partial charge on any atom is 0.519 e. The summed E-state index contributed by atoms with van der Waals surface area (Å²) in [6, 6.07) is 1.75. The first-order valence-electron chi connectivity index (χ1n) is 5.17. The third kappa shape index (κ3) is 4.99. The van der Waals surface area contributed by atoms with E-state index >= 15 is 0 Å². The number of carbonyl (C=O) groups is 1. The van der Waals surface area contributed by atoms with Gasteiger partial charge >= 0.3 is 6.09 Å². The fraction of sp³-hybridized carbons (Fsp3) is 0.364. The molecule has 0 aliphatic carbocycles. The molecule has 0 saturated carbocycles. The lowest BCUT2D eigenvalue weighted by Crippen LogP contribution is -2.83. The molecule has 1 aromatic rings. The van der Waals surface area contributed by atoms with Gasteiger partial charge in [-0.15, -0.1) is 0 Å². The maximum atomic E-state index is 11.7. The second kappa shape index (κ2) is 6.07. The Labute approximate surface area is 127 Å². The quantitative estimate of drug-likeness (QED) is 0.563. The highest BCUT2D eigenvalue weighted by Gasteiger charge is 2.22. The minimum Gasteiger partial charge on any atom is -0.414 e. The summed E-state index contributed by atoms with van der Waals surface area (Å²) in [6.45, 7) is 5.40. The number of nitrogens with one attached hydrogen (secondary N) is 1. The van der Waals surface area contributed by atoms with Gasteiger partial charge in [0.05, 0.1) is 5.56 Å². The van der Waals surface area contributed by atoms with Crippen molar-refractivity contribution in [1.82, 2.24) is 4.98 Å².